The van der Waals surface area contributed by atoms with Gasteiger partial charge in [0.2, 0.25) is 0 Å². The van der Waals surface area contributed by atoms with Crippen LogP contribution in [-0.2, 0) is 6.54 Å². The number of quaternary nitrogens is 1. The molecule has 0 saturated carbocycles. The number of nitrogens with zero attached hydrogens (tertiary/aromatic N) is 1. The van der Waals surface area contributed by atoms with Gasteiger partial charge in [0, 0.05) is 12.0 Å². The molecule has 0 saturated heterocycles. The Balaban J connectivity index is 0.00000196. The Bertz CT molecular complexity index is 272. The fraction of sp³-hybridized carbons (Fsp3) is 0.500. The lowest BCUT2D eigenvalue weighted by atomic mass is 10.2. The summed E-state index contributed by atoms with van der Waals surface area (Å²) in [5.74, 6) is 0. The molecule has 1 unspecified atom stereocenters. The van der Waals surface area contributed by atoms with Gasteiger partial charge >= 0.3 is 0 Å². The highest BCUT2D eigenvalue weighted by Crippen LogP contribution is 2.12. The molecule has 0 aliphatic carbocycles. The van der Waals surface area contributed by atoms with E-state index in [1.54, 1.807) is 0 Å². The number of hydrogen-bond donors (Lipinski definition) is 1. The summed E-state index contributed by atoms with van der Waals surface area (Å²) in [7, 11) is 4.36. The minimum absolute atomic E-state index is 0. The van der Waals surface area contributed by atoms with Gasteiger partial charge in [-0.1, -0.05) is 37.3 Å². The average molecular weight is 229 g/mol. The Morgan fingerprint density at radius 1 is 1.20 bits per heavy atom. The van der Waals surface area contributed by atoms with Gasteiger partial charge in [0.05, 0.1) is 14.1 Å². The number of benzene rings is 1. The van der Waals surface area contributed by atoms with Crippen LogP contribution in [0, 0.1) is 0 Å². The van der Waals surface area contributed by atoms with Gasteiger partial charge in [0.1, 0.15) is 12.7 Å². The SMILES string of the molecule is CCC(N)[N+](C)(C)Cc1ccccc1.[Cl-]. The zero-order valence-corrected chi connectivity index (χ0v) is 10.5. The number of nitrogens with two attached hydrogens (primary N) is 1. The van der Waals surface area contributed by atoms with Crippen LogP contribution in [0.5, 0.6) is 0 Å². The molecule has 0 heterocycles. The van der Waals surface area contributed by atoms with E-state index >= 15 is 0 Å². The topological polar surface area (TPSA) is 26.0 Å². The molecule has 1 rings (SSSR count). The fourth-order valence-electron chi connectivity index (χ4n) is 1.67. The molecule has 0 bridgehead atoms. The van der Waals surface area contributed by atoms with Crippen molar-refractivity contribution < 1.29 is 16.9 Å². The molecular weight excluding hydrogens is 208 g/mol. The molecule has 1 atom stereocenters. The van der Waals surface area contributed by atoms with Crippen LogP contribution >= 0.6 is 0 Å². The highest BCUT2D eigenvalue weighted by molar-refractivity contribution is 5.13. The van der Waals surface area contributed by atoms with Crippen LogP contribution < -0.4 is 18.1 Å². The second kappa shape index (κ2) is 6.11. The Morgan fingerprint density at radius 2 is 1.73 bits per heavy atom. The summed E-state index contributed by atoms with van der Waals surface area (Å²) in [5, 5.41) is 0. The largest absolute Gasteiger partial charge is 1.00 e. The lowest BCUT2D eigenvalue weighted by Gasteiger charge is -2.35. The van der Waals surface area contributed by atoms with Gasteiger partial charge in [-0.2, -0.15) is 0 Å². The average Bonchev–Trinajstić information content (AvgIpc) is 2.17. The number of halogens is 1. The first kappa shape index (κ1) is 14.4. The van der Waals surface area contributed by atoms with Crippen molar-refractivity contribution in [2.75, 3.05) is 14.1 Å². The smallest absolute Gasteiger partial charge is 0.139 e. The number of rotatable bonds is 4. The summed E-state index contributed by atoms with van der Waals surface area (Å²) in [4.78, 5) is 0. The van der Waals surface area contributed by atoms with Gasteiger partial charge in [0.25, 0.3) is 0 Å². The summed E-state index contributed by atoms with van der Waals surface area (Å²) in [6, 6.07) is 10.5. The molecule has 0 radical (unpaired) electrons. The highest BCUT2D eigenvalue weighted by atomic mass is 35.5. The van der Waals surface area contributed by atoms with Crippen molar-refractivity contribution in [3.63, 3.8) is 0 Å². The minimum Gasteiger partial charge on any atom is -1.00 e. The van der Waals surface area contributed by atoms with Gasteiger partial charge in [-0.25, -0.2) is 0 Å². The van der Waals surface area contributed by atoms with E-state index in [-0.39, 0.29) is 18.6 Å². The molecule has 1 aromatic rings. The maximum absolute atomic E-state index is 6.07. The first-order chi connectivity index (χ1) is 6.56. The van der Waals surface area contributed by atoms with Crippen molar-refractivity contribution in [2.24, 2.45) is 5.73 Å². The van der Waals surface area contributed by atoms with Gasteiger partial charge in [-0.05, 0) is 0 Å². The fourth-order valence-corrected chi connectivity index (χ4v) is 1.67. The summed E-state index contributed by atoms with van der Waals surface area (Å²) >= 11 is 0. The van der Waals surface area contributed by atoms with E-state index in [9.17, 15) is 0 Å². The van der Waals surface area contributed by atoms with E-state index in [0.717, 1.165) is 17.4 Å². The van der Waals surface area contributed by atoms with Crippen LogP contribution in [0.4, 0.5) is 0 Å². The lowest BCUT2D eigenvalue weighted by Crippen LogP contribution is -3.00. The molecule has 0 spiro atoms. The van der Waals surface area contributed by atoms with Gasteiger partial charge in [0.15, 0.2) is 0 Å². The third-order valence-corrected chi connectivity index (χ3v) is 2.75. The first-order valence-electron chi connectivity index (χ1n) is 5.18. The third kappa shape index (κ3) is 4.20. The van der Waals surface area contributed by atoms with E-state index in [2.05, 4.69) is 45.3 Å². The van der Waals surface area contributed by atoms with Gasteiger partial charge in [-0.3, -0.25) is 5.73 Å². The zero-order valence-electron chi connectivity index (χ0n) is 9.78. The quantitative estimate of drug-likeness (QED) is 0.517. The Labute approximate surface area is 99.1 Å². The van der Waals surface area contributed by atoms with Crippen molar-refractivity contribution in [3.8, 4) is 0 Å². The van der Waals surface area contributed by atoms with Crippen LogP contribution in [-0.4, -0.2) is 24.7 Å². The second-order valence-corrected chi connectivity index (χ2v) is 4.40. The van der Waals surface area contributed by atoms with Crippen molar-refractivity contribution in [2.45, 2.75) is 26.1 Å². The minimum atomic E-state index is 0. The molecule has 1 aromatic carbocycles. The Kier molecular flexibility index (Phi) is 5.88. The number of hydrogen-bond acceptors (Lipinski definition) is 1. The summed E-state index contributed by atoms with van der Waals surface area (Å²) in [6.45, 7) is 3.13. The molecular formula is C12H21ClN2. The highest BCUT2D eigenvalue weighted by Gasteiger charge is 2.22. The lowest BCUT2D eigenvalue weighted by molar-refractivity contribution is -0.927. The molecule has 0 aromatic heterocycles. The van der Waals surface area contributed by atoms with Gasteiger partial charge < -0.3 is 16.9 Å². The summed E-state index contributed by atoms with van der Waals surface area (Å²) < 4.78 is 0.848. The summed E-state index contributed by atoms with van der Waals surface area (Å²) in [5.41, 5.74) is 7.42. The molecule has 3 heteroatoms. The predicted octanol–water partition coefficient (Wildman–Crippen LogP) is -1.04. The molecule has 2 N–H and O–H groups in total. The Hall–Kier alpha value is -0.570. The molecule has 0 aliphatic heterocycles. The Morgan fingerprint density at radius 3 is 2.20 bits per heavy atom. The maximum Gasteiger partial charge on any atom is 0.139 e. The van der Waals surface area contributed by atoms with E-state index < -0.39 is 0 Å². The van der Waals surface area contributed by atoms with Crippen molar-refractivity contribution in [1.29, 1.82) is 0 Å². The van der Waals surface area contributed by atoms with E-state index in [1.165, 1.54) is 5.56 Å². The van der Waals surface area contributed by atoms with Crippen LogP contribution in [0.2, 0.25) is 0 Å². The molecule has 0 fully saturated rings. The molecule has 15 heavy (non-hydrogen) atoms. The van der Waals surface area contributed by atoms with Crippen LogP contribution in [0.15, 0.2) is 30.3 Å². The predicted molar refractivity (Wildman–Crippen MR) is 60.5 cm³/mol. The third-order valence-electron chi connectivity index (χ3n) is 2.75. The normalized spacial score (nSPS) is 13.1. The van der Waals surface area contributed by atoms with Gasteiger partial charge in [-0.15, -0.1) is 0 Å². The van der Waals surface area contributed by atoms with E-state index in [4.69, 9.17) is 5.73 Å². The zero-order chi connectivity index (χ0) is 10.6. The van der Waals surface area contributed by atoms with Crippen LogP contribution in [0.1, 0.15) is 18.9 Å². The molecule has 0 aliphatic rings. The van der Waals surface area contributed by atoms with Crippen LogP contribution in [0.3, 0.4) is 0 Å². The van der Waals surface area contributed by atoms with Crippen molar-refractivity contribution >= 4 is 0 Å². The molecule has 86 valence electrons. The van der Waals surface area contributed by atoms with Crippen molar-refractivity contribution in [3.05, 3.63) is 35.9 Å². The molecule has 2 nitrogen and oxygen atoms in total. The molecule has 0 amide bonds. The van der Waals surface area contributed by atoms with Crippen LogP contribution in [0.25, 0.3) is 0 Å². The second-order valence-electron chi connectivity index (χ2n) is 4.40. The van der Waals surface area contributed by atoms with Crippen molar-refractivity contribution in [1.82, 2.24) is 0 Å². The first-order valence-corrected chi connectivity index (χ1v) is 5.18. The van der Waals surface area contributed by atoms with E-state index in [1.807, 2.05) is 6.07 Å². The monoisotopic (exact) mass is 228 g/mol. The standard InChI is InChI=1S/C12H21N2.ClH/c1-4-12(13)14(2,3)10-11-8-6-5-7-9-11;/h5-9,12H,4,10,13H2,1-3H3;1H/q+1;/p-1. The summed E-state index contributed by atoms with van der Waals surface area (Å²) in [6.07, 6.45) is 1.23. The maximum atomic E-state index is 6.07. The van der Waals surface area contributed by atoms with E-state index in [0.29, 0.717) is 0 Å².